The van der Waals surface area contributed by atoms with Crippen molar-refractivity contribution in [1.29, 1.82) is 0 Å². The lowest BCUT2D eigenvalue weighted by molar-refractivity contribution is 0.0377. The maximum absolute atomic E-state index is 2.91. The van der Waals surface area contributed by atoms with Gasteiger partial charge in [-0.05, 0) is 45.2 Å². The SMILES string of the molecule is CCCCCC(CCC)(CCCCC)N1CCCCC1. The van der Waals surface area contributed by atoms with E-state index in [0.29, 0.717) is 5.54 Å². The van der Waals surface area contributed by atoms with Crippen molar-refractivity contribution in [3.8, 4) is 0 Å². The Morgan fingerprint density at radius 2 is 1.20 bits per heavy atom. The molecule has 0 atom stereocenters. The minimum Gasteiger partial charge on any atom is -0.298 e. The van der Waals surface area contributed by atoms with Crippen molar-refractivity contribution in [2.24, 2.45) is 0 Å². The molecule has 20 heavy (non-hydrogen) atoms. The topological polar surface area (TPSA) is 3.24 Å². The van der Waals surface area contributed by atoms with Crippen LogP contribution in [0.5, 0.6) is 0 Å². The Hall–Kier alpha value is -0.0400. The van der Waals surface area contributed by atoms with E-state index >= 15 is 0 Å². The molecule has 1 aliphatic rings. The Labute approximate surface area is 128 Å². The first-order valence-corrected chi connectivity index (χ1v) is 9.54. The summed E-state index contributed by atoms with van der Waals surface area (Å²) < 4.78 is 0. The van der Waals surface area contributed by atoms with Crippen LogP contribution in [0, 0.1) is 0 Å². The van der Waals surface area contributed by atoms with E-state index in [4.69, 9.17) is 0 Å². The molecule has 120 valence electrons. The lowest BCUT2D eigenvalue weighted by atomic mass is 9.80. The van der Waals surface area contributed by atoms with Gasteiger partial charge in [-0.25, -0.2) is 0 Å². The molecule has 0 amide bonds. The van der Waals surface area contributed by atoms with Gasteiger partial charge in [0.2, 0.25) is 0 Å². The average Bonchev–Trinajstić information content (AvgIpc) is 2.48. The highest BCUT2D eigenvalue weighted by Crippen LogP contribution is 2.35. The molecule has 1 saturated heterocycles. The zero-order valence-corrected chi connectivity index (χ0v) is 14.6. The first kappa shape index (κ1) is 18.0. The number of hydrogen-bond donors (Lipinski definition) is 0. The Bertz CT molecular complexity index is 208. The normalized spacial score (nSPS) is 17.6. The summed E-state index contributed by atoms with van der Waals surface area (Å²) in [5.74, 6) is 0. The van der Waals surface area contributed by atoms with Crippen molar-refractivity contribution in [1.82, 2.24) is 4.90 Å². The highest BCUT2D eigenvalue weighted by atomic mass is 15.2. The molecule has 0 N–H and O–H groups in total. The predicted octanol–water partition coefficient (Wildman–Crippen LogP) is 6.17. The van der Waals surface area contributed by atoms with E-state index in [1.54, 1.807) is 0 Å². The van der Waals surface area contributed by atoms with Crippen LogP contribution < -0.4 is 0 Å². The Morgan fingerprint density at radius 1 is 0.650 bits per heavy atom. The van der Waals surface area contributed by atoms with E-state index in [2.05, 4.69) is 25.7 Å². The highest BCUT2D eigenvalue weighted by Gasteiger charge is 2.35. The molecule has 1 heterocycles. The minimum atomic E-state index is 0.555. The number of nitrogens with zero attached hydrogens (tertiary/aromatic N) is 1. The first-order valence-electron chi connectivity index (χ1n) is 9.54. The molecule has 0 bridgehead atoms. The van der Waals surface area contributed by atoms with Crippen molar-refractivity contribution < 1.29 is 0 Å². The molecule has 0 radical (unpaired) electrons. The van der Waals surface area contributed by atoms with Gasteiger partial charge < -0.3 is 0 Å². The Kier molecular flexibility index (Phi) is 9.59. The van der Waals surface area contributed by atoms with Gasteiger partial charge in [-0.1, -0.05) is 72.1 Å². The first-order chi connectivity index (χ1) is 9.79. The molecule has 0 aromatic rings. The third kappa shape index (κ3) is 5.76. The molecule has 0 aromatic carbocycles. The van der Waals surface area contributed by atoms with Gasteiger partial charge in [0.25, 0.3) is 0 Å². The zero-order valence-electron chi connectivity index (χ0n) is 14.6. The minimum absolute atomic E-state index is 0.555. The van der Waals surface area contributed by atoms with Crippen LogP contribution in [0.25, 0.3) is 0 Å². The fourth-order valence-corrected chi connectivity index (χ4v) is 4.09. The number of unbranched alkanes of at least 4 members (excludes halogenated alkanes) is 4. The molecule has 1 aliphatic heterocycles. The van der Waals surface area contributed by atoms with Crippen LogP contribution in [-0.4, -0.2) is 23.5 Å². The summed E-state index contributed by atoms with van der Waals surface area (Å²) in [6, 6.07) is 0. The summed E-state index contributed by atoms with van der Waals surface area (Å²) in [6.07, 6.45) is 18.5. The molecule has 1 heteroatoms. The third-order valence-corrected chi connectivity index (χ3v) is 5.23. The fourth-order valence-electron chi connectivity index (χ4n) is 4.09. The van der Waals surface area contributed by atoms with Crippen LogP contribution in [-0.2, 0) is 0 Å². The number of rotatable bonds is 11. The lowest BCUT2D eigenvalue weighted by Crippen LogP contribution is -2.51. The van der Waals surface area contributed by atoms with Gasteiger partial charge in [0, 0.05) is 5.54 Å². The van der Waals surface area contributed by atoms with Crippen LogP contribution in [0.3, 0.4) is 0 Å². The Balaban J connectivity index is 2.67. The molecule has 1 rings (SSSR count). The van der Waals surface area contributed by atoms with Gasteiger partial charge in [-0.15, -0.1) is 0 Å². The second-order valence-electron chi connectivity index (χ2n) is 6.94. The van der Waals surface area contributed by atoms with Gasteiger partial charge in [0.1, 0.15) is 0 Å². The van der Waals surface area contributed by atoms with Crippen LogP contribution in [0.2, 0.25) is 0 Å². The van der Waals surface area contributed by atoms with E-state index in [1.165, 1.54) is 96.6 Å². The van der Waals surface area contributed by atoms with Gasteiger partial charge in [-0.3, -0.25) is 4.90 Å². The monoisotopic (exact) mass is 281 g/mol. The molecule has 0 aliphatic carbocycles. The molecular formula is C19H39N. The van der Waals surface area contributed by atoms with Gasteiger partial charge in [0.05, 0.1) is 0 Å². The Morgan fingerprint density at radius 3 is 1.65 bits per heavy atom. The van der Waals surface area contributed by atoms with Crippen LogP contribution in [0.4, 0.5) is 0 Å². The van der Waals surface area contributed by atoms with Crippen LogP contribution in [0.15, 0.2) is 0 Å². The van der Waals surface area contributed by atoms with Crippen molar-refractivity contribution in [2.45, 2.75) is 110 Å². The number of likely N-dealkylation sites (tertiary alicyclic amines) is 1. The third-order valence-electron chi connectivity index (χ3n) is 5.23. The largest absolute Gasteiger partial charge is 0.298 e. The highest BCUT2D eigenvalue weighted by molar-refractivity contribution is 4.91. The summed E-state index contributed by atoms with van der Waals surface area (Å²) in [6.45, 7) is 9.80. The molecule has 0 unspecified atom stereocenters. The zero-order chi connectivity index (χ0) is 14.7. The van der Waals surface area contributed by atoms with Crippen molar-refractivity contribution >= 4 is 0 Å². The quantitative estimate of drug-likeness (QED) is 0.409. The molecule has 0 aromatic heterocycles. The fraction of sp³-hybridized carbons (Fsp3) is 1.00. The standard InChI is InChI=1S/C19H39N/c1-4-7-10-15-19(14-6-3,16-11-8-5-2)20-17-12-9-13-18-20/h4-18H2,1-3H3. The second-order valence-corrected chi connectivity index (χ2v) is 6.94. The number of piperidine rings is 1. The predicted molar refractivity (Wildman–Crippen MR) is 91.3 cm³/mol. The van der Waals surface area contributed by atoms with Crippen LogP contribution >= 0.6 is 0 Å². The summed E-state index contributed by atoms with van der Waals surface area (Å²) in [5, 5.41) is 0. The molecule has 0 saturated carbocycles. The molecule has 1 nitrogen and oxygen atoms in total. The van der Waals surface area contributed by atoms with E-state index in [0.717, 1.165) is 0 Å². The lowest BCUT2D eigenvalue weighted by Gasteiger charge is -2.47. The summed E-state index contributed by atoms with van der Waals surface area (Å²) in [4.78, 5) is 2.91. The van der Waals surface area contributed by atoms with Gasteiger partial charge in [-0.2, -0.15) is 0 Å². The number of hydrogen-bond acceptors (Lipinski definition) is 1. The van der Waals surface area contributed by atoms with Crippen molar-refractivity contribution in [2.75, 3.05) is 13.1 Å². The maximum Gasteiger partial charge on any atom is 0.0209 e. The van der Waals surface area contributed by atoms with E-state index in [-0.39, 0.29) is 0 Å². The maximum atomic E-state index is 2.91. The van der Waals surface area contributed by atoms with Crippen LogP contribution in [0.1, 0.15) is 104 Å². The van der Waals surface area contributed by atoms with E-state index in [9.17, 15) is 0 Å². The molecule has 1 fully saturated rings. The summed E-state index contributed by atoms with van der Waals surface area (Å²) >= 11 is 0. The van der Waals surface area contributed by atoms with Crippen molar-refractivity contribution in [3.05, 3.63) is 0 Å². The average molecular weight is 282 g/mol. The molecule has 0 spiro atoms. The second kappa shape index (κ2) is 10.7. The molecular weight excluding hydrogens is 242 g/mol. The van der Waals surface area contributed by atoms with Gasteiger partial charge >= 0.3 is 0 Å². The van der Waals surface area contributed by atoms with Crippen molar-refractivity contribution in [3.63, 3.8) is 0 Å². The van der Waals surface area contributed by atoms with E-state index < -0.39 is 0 Å². The summed E-state index contributed by atoms with van der Waals surface area (Å²) in [7, 11) is 0. The van der Waals surface area contributed by atoms with E-state index in [1.807, 2.05) is 0 Å². The summed E-state index contributed by atoms with van der Waals surface area (Å²) in [5.41, 5.74) is 0.555. The smallest absolute Gasteiger partial charge is 0.0209 e. The van der Waals surface area contributed by atoms with Gasteiger partial charge in [0.15, 0.2) is 0 Å².